The largest absolute Gasteiger partial charge is 0.491 e. The quantitative estimate of drug-likeness (QED) is 0.494. The van der Waals surface area contributed by atoms with Crippen molar-refractivity contribution in [3.8, 4) is 5.75 Å². The molecule has 0 saturated heterocycles. The van der Waals surface area contributed by atoms with Crippen molar-refractivity contribution in [2.45, 2.75) is 19.4 Å². The van der Waals surface area contributed by atoms with Crippen molar-refractivity contribution < 1.29 is 24.5 Å². The number of nitrogen functional groups attached to an aromatic ring is 1. The summed E-state index contributed by atoms with van der Waals surface area (Å²) < 4.78 is 10.3. The van der Waals surface area contributed by atoms with E-state index in [4.69, 9.17) is 25.4 Å². The highest BCUT2D eigenvalue weighted by atomic mass is 16.6. The molecular formula is C13H19NO5. The van der Waals surface area contributed by atoms with Crippen LogP contribution in [0.4, 0.5) is 5.69 Å². The van der Waals surface area contributed by atoms with Gasteiger partial charge in [0, 0.05) is 0 Å². The Hall–Kier alpha value is -1.79. The number of carbonyl (C=O) groups excluding carboxylic acids is 1. The maximum absolute atomic E-state index is 11.7. The normalized spacial score (nSPS) is 10.5. The van der Waals surface area contributed by atoms with Crippen molar-refractivity contribution in [1.29, 1.82) is 0 Å². The van der Waals surface area contributed by atoms with E-state index in [1.54, 1.807) is 6.07 Å². The van der Waals surface area contributed by atoms with Gasteiger partial charge in [0.1, 0.15) is 11.9 Å². The number of nitrogens with two attached hydrogens (primary N) is 1. The molecule has 0 radical (unpaired) electrons. The van der Waals surface area contributed by atoms with Gasteiger partial charge in [0.05, 0.1) is 31.1 Å². The van der Waals surface area contributed by atoms with Crippen molar-refractivity contribution in [3.63, 3.8) is 0 Å². The molecule has 1 aromatic carbocycles. The molecule has 0 heterocycles. The van der Waals surface area contributed by atoms with Gasteiger partial charge in [0.15, 0.2) is 0 Å². The molecule has 1 rings (SSSR count). The van der Waals surface area contributed by atoms with Crippen LogP contribution < -0.4 is 10.5 Å². The number of rotatable bonds is 7. The fourth-order valence-electron chi connectivity index (χ4n) is 1.37. The summed E-state index contributed by atoms with van der Waals surface area (Å²) >= 11 is 0. The molecule has 0 aliphatic heterocycles. The first-order valence-corrected chi connectivity index (χ1v) is 6.07. The number of esters is 1. The van der Waals surface area contributed by atoms with Gasteiger partial charge in [-0.2, -0.15) is 0 Å². The zero-order chi connectivity index (χ0) is 14.3. The highest BCUT2D eigenvalue weighted by Gasteiger charge is 2.15. The molecule has 1 aromatic rings. The second-order valence-corrected chi connectivity index (χ2v) is 3.99. The van der Waals surface area contributed by atoms with E-state index in [1.807, 2.05) is 6.92 Å². The summed E-state index contributed by atoms with van der Waals surface area (Å²) in [5, 5.41) is 17.7. The molecule has 0 atom stereocenters. The summed E-state index contributed by atoms with van der Waals surface area (Å²) in [5.41, 5.74) is 6.35. The van der Waals surface area contributed by atoms with Gasteiger partial charge in [0.25, 0.3) is 0 Å². The summed E-state index contributed by atoms with van der Waals surface area (Å²) in [6.45, 7) is 1.65. The van der Waals surface area contributed by atoms with Crippen LogP contribution in [0.5, 0.6) is 5.75 Å². The third kappa shape index (κ3) is 4.42. The first kappa shape index (κ1) is 15.3. The molecule has 0 amide bonds. The molecule has 6 heteroatoms. The molecule has 4 N–H and O–H groups in total. The highest BCUT2D eigenvalue weighted by molar-refractivity contribution is 5.91. The number of aliphatic hydroxyl groups is 2. The number of hydrogen-bond donors (Lipinski definition) is 3. The SMILES string of the molecule is CCCOc1ccc(C(=O)OC(CO)CO)cc1N. The third-order valence-electron chi connectivity index (χ3n) is 2.39. The zero-order valence-electron chi connectivity index (χ0n) is 10.8. The molecule has 6 nitrogen and oxygen atoms in total. The maximum Gasteiger partial charge on any atom is 0.338 e. The van der Waals surface area contributed by atoms with Gasteiger partial charge in [-0.05, 0) is 24.6 Å². The Kier molecular flexibility index (Phi) is 6.11. The van der Waals surface area contributed by atoms with Crippen LogP contribution in [0.2, 0.25) is 0 Å². The lowest BCUT2D eigenvalue weighted by molar-refractivity contribution is -0.00544. The predicted octanol–water partition coefficient (Wildman–Crippen LogP) is 0.568. The lowest BCUT2D eigenvalue weighted by Crippen LogP contribution is -2.25. The van der Waals surface area contributed by atoms with E-state index in [2.05, 4.69) is 0 Å². The average Bonchev–Trinajstić information content (AvgIpc) is 2.43. The van der Waals surface area contributed by atoms with E-state index >= 15 is 0 Å². The number of aliphatic hydroxyl groups excluding tert-OH is 2. The molecule has 0 aliphatic carbocycles. The minimum atomic E-state index is -0.926. The predicted molar refractivity (Wildman–Crippen MR) is 70.0 cm³/mol. The van der Waals surface area contributed by atoms with Crippen molar-refractivity contribution in [3.05, 3.63) is 23.8 Å². The fraction of sp³-hybridized carbons (Fsp3) is 0.462. The van der Waals surface area contributed by atoms with E-state index in [0.717, 1.165) is 6.42 Å². The van der Waals surface area contributed by atoms with E-state index in [-0.39, 0.29) is 5.56 Å². The van der Waals surface area contributed by atoms with Crippen molar-refractivity contribution in [1.82, 2.24) is 0 Å². The van der Waals surface area contributed by atoms with Gasteiger partial charge >= 0.3 is 5.97 Å². The minimum absolute atomic E-state index is 0.244. The van der Waals surface area contributed by atoms with Crippen molar-refractivity contribution in [2.24, 2.45) is 0 Å². The molecule has 0 bridgehead atoms. The number of ether oxygens (including phenoxy) is 2. The van der Waals surface area contributed by atoms with Crippen LogP contribution in [-0.4, -0.2) is 42.1 Å². The molecule has 0 aromatic heterocycles. The van der Waals surface area contributed by atoms with E-state index in [0.29, 0.717) is 18.0 Å². The van der Waals surface area contributed by atoms with Gasteiger partial charge in [-0.15, -0.1) is 0 Å². The summed E-state index contributed by atoms with van der Waals surface area (Å²) in [4.78, 5) is 11.7. The van der Waals surface area contributed by atoms with Gasteiger partial charge in [-0.25, -0.2) is 4.79 Å². The summed E-state index contributed by atoms with van der Waals surface area (Å²) in [6, 6.07) is 4.56. The maximum atomic E-state index is 11.7. The molecular weight excluding hydrogens is 250 g/mol. The molecule has 0 spiro atoms. The number of carbonyl (C=O) groups is 1. The van der Waals surface area contributed by atoms with Crippen LogP contribution in [-0.2, 0) is 4.74 Å². The van der Waals surface area contributed by atoms with Crippen LogP contribution in [0.15, 0.2) is 18.2 Å². The van der Waals surface area contributed by atoms with Gasteiger partial charge < -0.3 is 25.4 Å². The second-order valence-electron chi connectivity index (χ2n) is 3.99. The van der Waals surface area contributed by atoms with Crippen molar-refractivity contribution in [2.75, 3.05) is 25.6 Å². The number of hydrogen-bond acceptors (Lipinski definition) is 6. The van der Waals surface area contributed by atoms with Crippen LogP contribution in [0.25, 0.3) is 0 Å². The first-order valence-electron chi connectivity index (χ1n) is 6.07. The van der Waals surface area contributed by atoms with Gasteiger partial charge in [-0.1, -0.05) is 6.92 Å². The minimum Gasteiger partial charge on any atom is -0.491 e. The zero-order valence-corrected chi connectivity index (χ0v) is 10.8. The molecule has 106 valence electrons. The Morgan fingerprint density at radius 2 is 2.05 bits per heavy atom. The standard InChI is InChI=1S/C13H19NO5/c1-2-5-18-12-4-3-9(6-11(12)14)13(17)19-10(7-15)8-16/h3-4,6,10,15-16H,2,5,7-8,14H2,1H3. The highest BCUT2D eigenvalue weighted by Crippen LogP contribution is 2.23. The lowest BCUT2D eigenvalue weighted by atomic mass is 10.2. The van der Waals surface area contributed by atoms with E-state index < -0.39 is 25.3 Å². The smallest absolute Gasteiger partial charge is 0.338 e. The van der Waals surface area contributed by atoms with Gasteiger partial charge in [0.2, 0.25) is 0 Å². The first-order chi connectivity index (χ1) is 9.12. The summed E-state index contributed by atoms with van der Waals surface area (Å²) in [6.07, 6.45) is -0.0671. The Labute approximate surface area is 111 Å². The third-order valence-corrected chi connectivity index (χ3v) is 2.39. The number of benzene rings is 1. The van der Waals surface area contributed by atoms with Crippen LogP contribution in [0, 0.1) is 0 Å². The van der Waals surface area contributed by atoms with E-state index in [1.165, 1.54) is 12.1 Å². The Morgan fingerprint density at radius 3 is 2.58 bits per heavy atom. The molecule has 0 unspecified atom stereocenters. The molecule has 0 fully saturated rings. The Morgan fingerprint density at radius 1 is 1.37 bits per heavy atom. The van der Waals surface area contributed by atoms with Crippen molar-refractivity contribution >= 4 is 11.7 Å². The fourth-order valence-corrected chi connectivity index (χ4v) is 1.37. The molecule has 0 aliphatic rings. The molecule has 19 heavy (non-hydrogen) atoms. The molecule has 0 saturated carbocycles. The van der Waals surface area contributed by atoms with Crippen LogP contribution in [0.1, 0.15) is 23.7 Å². The Balaban J connectivity index is 2.74. The topological polar surface area (TPSA) is 102 Å². The summed E-state index contributed by atoms with van der Waals surface area (Å²) in [5.74, 6) is -0.138. The average molecular weight is 269 g/mol. The monoisotopic (exact) mass is 269 g/mol. The second kappa shape index (κ2) is 7.60. The van der Waals surface area contributed by atoms with Crippen LogP contribution in [0.3, 0.4) is 0 Å². The van der Waals surface area contributed by atoms with E-state index in [9.17, 15) is 4.79 Å². The number of anilines is 1. The Bertz CT molecular complexity index is 417. The van der Waals surface area contributed by atoms with Crippen LogP contribution >= 0.6 is 0 Å². The summed E-state index contributed by atoms with van der Waals surface area (Å²) in [7, 11) is 0. The van der Waals surface area contributed by atoms with Gasteiger partial charge in [-0.3, -0.25) is 0 Å². The lowest BCUT2D eigenvalue weighted by Gasteiger charge is -2.13.